The summed E-state index contributed by atoms with van der Waals surface area (Å²) >= 11 is 1.75. The average Bonchev–Trinajstić information content (AvgIpc) is 2.79. The van der Waals surface area contributed by atoms with Crippen molar-refractivity contribution in [3.63, 3.8) is 0 Å². The summed E-state index contributed by atoms with van der Waals surface area (Å²) in [5.41, 5.74) is 0.575. The number of carbonyl (C=O) groups excluding carboxylic acids is 1. The SMILES string of the molecule is CCCCCCCCCCOc1cc2c(O)c(C(=O)OCC)cnc2cc1OCC.CSC. The highest BCUT2D eigenvalue weighted by Gasteiger charge is 2.18. The molecule has 0 unspecified atom stereocenters. The van der Waals surface area contributed by atoms with Gasteiger partial charge in [0.15, 0.2) is 11.5 Å². The molecule has 0 bridgehead atoms. The van der Waals surface area contributed by atoms with Gasteiger partial charge < -0.3 is 19.3 Å². The highest BCUT2D eigenvalue weighted by Crippen LogP contribution is 2.37. The molecule has 2 aromatic rings. The van der Waals surface area contributed by atoms with Crippen molar-refractivity contribution in [3.05, 3.63) is 23.9 Å². The Bertz CT molecular complexity index is 828. The quantitative estimate of drug-likeness (QED) is 0.230. The highest BCUT2D eigenvalue weighted by atomic mass is 32.2. The summed E-state index contributed by atoms with van der Waals surface area (Å²) in [6.07, 6.45) is 15.2. The van der Waals surface area contributed by atoms with Crippen molar-refractivity contribution >= 4 is 28.6 Å². The maximum absolute atomic E-state index is 12.0. The number of aromatic nitrogens is 1. The Kier molecular flexibility index (Phi) is 15.2. The normalized spacial score (nSPS) is 10.5. The van der Waals surface area contributed by atoms with Crippen LogP contribution < -0.4 is 9.47 Å². The molecule has 7 heteroatoms. The number of esters is 1. The van der Waals surface area contributed by atoms with Crippen molar-refractivity contribution in [1.82, 2.24) is 4.98 Å². The highest BCUT2D eigenvalue weighted by molar-refractivity contribution is 7.97. The standard InChI is InChI=1S/C24H35NO5.C2H6S/c1-4-7-8-9-10-11-12-13-14-30-21-15-18-20(16-22(21)28-5-2)25-17-19(23(18)26)24(27)29-6-3;1-3-2/h15-17H,4-14H2,1-3H3,(H,25,26);1-2H3. The summed E-state index contributed by atoms with van der Waals surface area (Å²) in [5, 5.41) is 11.0. The number of fused-ring (bicyclic) bond motifs is 1. The molecule has 0 saturated heterocycles. The molecule has 6 nitrogen and oxygen atoms in total. The molecule has 0 radical (unpaired) electrons. The fourth-order valence-electron chi connectivity index (χ4n) is 3.34. The number of carbonyl (C=O) groups is 1. The molecule has 1 N–H and O–H groups in total. The van der Waals surface area contributed by atoms with Gasteiger partial charge in [0.2, 0.25) is 0 Å². The lowest BCUT2D eigenvalue weighted by Crippen LogP contribution is -2.06. The fourth-order valence-corrected chi connectivity index (χ4v) is 3.34. The first-order chi connectivity index (χ1) is 16.0. The second kappa shape index (κ2) is 17.3. The van der Waals surface area contributed by atoms with Crippen molar-refractivity contribution in [3.8, 4) is 17.2 Å². The zero-order valence-electron chi connectivity index (χ0n) is 20.9. The lowest BCUT2D eigenvalue weighted by molar-refractivity contribution is 0.0523. The van der Waals surface area contributed by atoms with Crippen LogP contribution in [0.1, 0.15) is 82.5 Å². The van der Waals surface area contributed by atoms with E-state index in [1.165, 1.54) is 44.7 Å². The zero-order valence-corrected chi connectivity index (χ0v) is 21.8. The number of thioether (sulfide) groups is 1. The number of nitrogens with zero attached hydrogens (tertiary/aromatic N) is 1. The van der Waals surface area contributed by atoms with E-state index in [0.717, 1.165) is 12.8 Å². The number of hydrogen-bond donors (Lipinski definition) is 1. The molecular weight excluding hydrogens is 438 g/mol. The van der Waals surface area contributed by atoms with Crippen LogP contribution in [-0.2, 0) is 4.74 Å². The van der Waals surface area contributed by atoms with E-state index in [0.29, 0.717) is 35.6 Å². The van der Waals surface area contributed by atoms with Crippen LogP contribution in [0.2, 0.25) is 0 Å². The van der Waals surface area contributed by atoms with E-state index in [1.807, 2.05) is 19.4 Å². The molecule has 2 rings (SSSR count). The summed E-state index contributed by atoms with van der Waals surface area (Å²) < 4.78 is 16.7. The van der Waals surface area contributed by atoms with Crippen molar-refractivity contribution in [2.24, 2.45) is 0 Å². The molecule has 0 atom stereocenters. The predicted molar refractivity (Wildman–Crippen MR) is 138 cm³/mol. The maximum Gasteiger partial charge on any atom is 0.343 e. The molecule has 0 saturated carbocycles. The molecule has 0 aliphatic rings. The topological polar surface area (TPSA) is 77.9 Å². The van der Waals surface area contributed by atoms with Gasteiger partial charge in [0, 0.05) is 17.6 Å². The molecule has 0 aliphatic carbocycles. The summed E-state index contributed by atoms with van der Waals surface area (Å²) in [6, 6.07) is 3.42. The molecule has 1 heterocycles. The van der Waals surface area contributed by atoms with Crippen molar-refractivity contribution in [1.29, 1.82) is 0 Å². The van der Waals surface area contributed by atoms with Crippen molar-refractivity contribution < 1.29 is 24.1 Å². The first kappa shape index (κ1) is 28.9. The van der Waals surface area contributed by atoms with Gasteiger partial charge in [-0.2, -0.15) is 11.8 Å². The van der Waals surface area contributed by atoms with E-state index in [4.69, 9.17) is 14.2 Å². The first-order valence-corrected chi connectivity index (χ1v) is 13.7. The van der Waals surface area contributed by atoms with Gasteiger partial charge in [-0.15, -0.1) is 0 Å². The monoisotopic (exact) mass is 479 g/mol. The number of pyridine rings is 1. The maximum atomic E-state index is 12.0. The van der Waals surface area contributed by atoms with Crippen LogP contribution >= 0.6 is 11.8 Å². The number of hydrogen-bond acceptors (Lipinski definition) is 7. The molecule has 33 heavy (non-hydrogen) atoms. The second-order valence-electron chi connectivity index (χ2n) is 7.72. The zero-order chi connectivity index (χ0) is 24.5. The second-order valence-corrected chi connectivity index (χ2v) is 8.54. The van der Waals surface area contributed by atoms with E-state index in [-0.39, 0.29) is 17.9 Å². The van der Waals surface area contributed by atoms with Crippen molar-refractivity contribution in [2.45, 2.75) is 72.1 Å². The number of unbranched alkanes of at least 4 members (excludes halogenated alkanes) is 7. The summed E-state index contributed by atoms with van der Waals surface area (Å²) in [4.78, 5) is 16.3. The number of ether oxygens (including phenoxy) is 3. The van der Waals surface area contributed by atoms with Gasteiger partial charge in [-0.1, -0.05) is 51.9 Å². The fraction of sp³-hybridized carbons (Fsp3) is 0.615. The van der Waals surface area contributed by atoms with Gasteiger partial charge in [0.25, 0.3) is 0 Å². The minimum absolute atomic E-state index is 0.0440. The Balaban J connectivity index is 0.00000172. The van der Waals surface area contributed by atoms with Crippen LogP contribution in [-0.4, -0.2) is 48.4 Å². The first-order valence-electron chi connectivity index (χ1n) is 12.0. The summed E-state index contributed by atoms with van der Waals surface area (Å²) in [6.45, 7) is 7.15. The Hall–Kier alpha value is -2.15. The third-order valence-electron chi connectivity index (χ3n) is 4.96. The van der Waals surface area contributed by atoms with Gasteiger partial charge in [0.05, 0.1) is 25.3 Å². The minimum Gasteiger partial charge on any atom is -0.506 e. The predicted octanol–water partition coefficient (Wildman–Crippen LogP) is 7.01. The molecule has 0 amide bonds. The van der Waals surface area contributed by atoms with Crippen LogP contribution in [0.25, 0.3) is 10.9 Å². The Morgan fingerprint density at radius 3 is 2.12 bits per heavy atom. The van der Waals surface area contributed by atoms with Crippen LogP contribution in [0.15, 0.2) is 18.3 Å². The number of benzene rings is 1. The molecule has 186 valence electrons. The van der Waals surface area contributed by atoms with Crippen LogP contribution in [0, 0.1) is 0 Å². The lowest BCUT2D eigenvalue weighted by atomic mass is 10.1. The Labute approximate surface area is 203 Å². The van der Waals surface area contributed by atoms with Crippen LogP contribution in [0.5, 0.6) is 17.2 Å². The van der Waals surface area contributed by atoms with E-state index < -0.39 is 5.97 Å². The molecule has 1 aromatic heterocycles. The Morgan fingerprint density at radius 2 is 1.52 bits per heavy atom. The largest absolute Gasteiger partial charge is 0.506 e. The number of rotatable bonds is 14. The Morgan fingerprint density at radius 1 is 0.909 bits per heavy atom. The van der Waals surface area contributed by atoms with E-state index in [2.05, 4.69) is 11.9 Å². The van der Waals surface area contributed by atoms with Gasteiger partial charge in [-0.05, 0) is 38.8 Å². The minimum atomic E-state index is -0.598. The summed E-state index contributed by atoms with van der Waals surface area (Å²) in [7, 11) is 0. The van der Waals surface area contributed by atoms with E-state index >= 15 is 0 Å². The third-order valence-corrected chi connectivity index (χ3v) is 4.96. The van der Waals surface area contributed by atoms with Gasteiger partial charge in [0.1, 0.15) is 11.3 Å². The van der Waals surface area contributed by atoms with E-state index in [1.54, 1.807) is 30.8 Å². The van der Waals surface area contributed by atoms with Gasteiger partial charge in [-0.25, -0.2) is 4.79 Å². The molecular formula is C26H41NO5S. The molecule has 0 spiro atoms. The molecule has 0 aliphatic heterocycles. The van der Waals surface area contributed by atoms with Crippen LogP contribution in [0.4, 0.5) is 0 Å². The van der Waals surface area contributed by atoms with Crippen LogP contribution in [0.3, 0.4) is 0 Å². The smallest absolute Gasteiger partial charge is 0.343 e. The number of aromatic hydroxyl groups is 1. The van der Waals surface area contributed by atoms with Crippen molar-refractivity contribution in [2.75, 3.05) is 32.3 Å². The summed E-state index contributed by atoms with van der Waals surface area (Å²) in [5.74, 6) is 0.379. The lowest BCUT2D eigenvalue weighted by Gasteiger charge is -2.14. The third kappa shape index (κ3) is 10.1. The average molecular weight is 480 g/mol. The molecule has 0 fully saturated rings. The van der Waals surface area contributed by atoms with Gasteiger partial charge in [-0.3, -0.25) is 4.98 Å². The van der Waals surface area contributed by atoms with Gasteiger partial charge >= 0.3 is 5.97 Å². The van der Waals surface area contributed by atoms with E-state index in [9.17, 15) is 9.90 Å². The molecule has 1 aromatic carbocycles.